The van der Waals surface area contributed by atoms with Crippen LogP contribution in [0.3, 0.4) is 0 Å². The number of ether oxygens (including phenoxy) is 4. The Morgan fingerprint density at radius 3 is 2.30 bits per heavy atom. The Balaban J connectivity index is 0.00000484. The molecule has 1 fully saturated rings. The van der Waals surface area contributed by atoms with E-state index in [-0.39, 0.29) is 49.2 Å². The van der Waals surface area contributed by atoms with Crippen LogP contribution in [0.25, 0.3) is 0 Å². The number of methoxy groups -OCH3 is 2. The molecular weight excluding hydrogens is 343 g/mol. The molecule has 5 atom stereocenters. The summed E-state index contributed by atoms with van der Waals surface area (Å²) in [4.78, 5) is 0. The Morgan fingerprint density at radius 1 is 1.13 bits per heavy atom. The molecule has 0 aromatic carbocycles. The van der Waals surface area contributed by atoms with E-state index >= 15 is 0 Å². The van der Waals surface area contributed by atoms with Crippen molar-refractivity contribution < 1.29 is 71.7 Å². The molecule has 2 N–H and O–H groups in total. The molecule has 0 radical (unpaired) electrons. The van der Waals surface area contributed by atoms with E-state index in [2.05, 4.69) is 0 Å². The van der Waals surface area contributed by atoms with Crippen molar-refractivity contribution in [1.82, 2.24) is 0 Å². The molecule has 0 aromatic heterocycles. The van der Waals surface area contributed by atoms with Crippen molar-refractivity contribution in [2.45, 2.75) is 43.5 Å². The fraction of sp³-hybridized carbons (Fsp3) is 1.00. The van der Waals surface area contributed by atoms with Crippen molar-refractivity contribution >= 4 is 10.1 Å². The standard InChI is InChI=1S/C12H24O9S.Na/c1-18-11-8(21-12(19-2)10(14)9(11)13)7-20-5-3-4-6-22(15,16)17;/h8-14H,3-7H2,1-2H3,(H,15,16,17);/q;+1/p-1. The largest absolute Gasteiger partial charge is 1.00 e. The summed E-state index contributed by atoms with van der Waals surface area (Å²) in [5.74, 6) is -0.423. The van der Waals surface area contributed by atoms with Gasteiger partial charge in [0.1, 0.15) is 24.4 Å². The molecule has 0 bridgehead atoms. The predicted molar refractivity (Wildman–Crippen MR) is 73.1 cm³/mol. The maximum absolute atomic E-state index is 10.4. The predicted octanol–water partition coefficient (Wildman–Crippen LogP) is -4.56. The van der Waals surface area contributed by atoms with Crippen LogP contribution in [0.15, 0.2) is 0 Å². The van der Waals surface area contributed by atoms with Gasteiger partial charge in [-0.3, -0.25) is 0 Å². The number of rotatable bonds is 9. The van der Waals surface area contributed by atoms with E-state index in [1.165, 1.54) is 14.2 Å². The van der Waals surface area contributed by atoms with Gasteiger partial charge in [-0.15, -0.1) is 0 Å². The molecule has 1 aliphatic heterocycles. The minimum absolute atomic E-state index is 0. The fourth-order valence-corrected chi connectivity index (χ4v) is 2.77. The number of hydrogen-bond donors (Lipinski definition) is 2. The zero-order chi connectivity index (χ0) is 16.8. The summed E-state index contributed by atoms with van der Waals surface area (Å²) in [6.07, 6.45) is -4.19. The van der Waals surface area contributed by atoms with E-state index in [1.54, 1.807) is 0 Å². The van der Waals surface area contributed by atoms with Gasteiger partial charge in [-0.1, -0.05) is 0 Å². The minimum Gasteiger partial charge on any atom is -0.748 e. The summed E-state index contributed by atoms with van der Waals surface area (Å²) in [7, 11) is -1.48. The molecule has 5 unspecified atom stereocenters. The van der Waals surface area contributed by atoms with Crippen LogP contribution >= 0.6 is 0 Å². The van der Waals surface area contributed by atoms with Gasteiger partial charge in [0.15, 0.2) is 6.29 Å². The SMILES string of the molecule is COC1OC(COCCCCS(=O)(=O)[O-])C(OC)C(O)C1O.[Na+]. The van der Waals surface area contributed by atoms with Crippen LogP contribution in [-0.4, -0.2) is 87.1 Å². The molecule has 0 amide bonds. The van der Waals surface area contributed by atoms with Crippen LogP contribution in [0.1, 0.15) is 12.8 Å². The Bertz CT molecular complexity index is 419. The molecular formula is C12H23NaO9S. The average Bonchev–Trinajstić information content (AvgIpc) is 2.45. The Hall–Kier alpha value is 0.670. The maximum Gasteiger partial charge on any atom is 1.00 e. The summed E-state index contributed by atoms with van der Waals surface area (Å²) in [5.41, 5.74) is 0. The molecule has 1 saturated heterocycles. The van der Waals surface area contributed by atoms with Gasteiger partial charge in [-0.25, -0.2) is 8.42 Å². The van der Waals surface area contributed by atoms with Gasteiger partial charge in [0.2, 0.25) is 0 Å². The molecule has 1 aliphatic rings. The van der Waals surface area contributed by atoms with Gasteiger partial charge in [0, 0.05) is 26.6 Å². The van der Waals surface area contributed by atoms with Crippen molar-refractivity contribution in [1.29, 1.82) is 0 Å². The van der Waals surface area contributed by atoms with E-state index in [0.29, 0.717) is 6.42 Å². The van der Waals surface area contributed by atoms with Crippen LogP contribution < -0.4 is 29.6 Å². The zero-order valence-electron chi connectivity index (χ0n) is 13.6. The molecule has 0 spiro atoms. The molecule has 132 valence electrons. The topological polar surface area (TPSA) is 135 Å². The zero-order valence-corrected chi connectivity index (χ0v) is 16.4. The molecule has 1 heterocycles. The monoisotopic (exact) mass is 366 g/mol. The van der Waals surface area contributed by atoms with Crippen molar-refractivity contribution in [3.05, 3.63) is 0 Å². The second-order valence-corrected chi connectivity index (χ2v) is 6.53. The number of unbranched alkanes of at least 4 members (excludes halogenated alkanes) is 1. The molecule has 0 aromatic rings. The van der Waals surface area contributed by atoms with E-state index in [4.69, 9.17) is 18.9 Å². The molecule has 11 heteroatoms. The Kier molecular flexibility index (Phi) is 11.6. The smallest absolute Gasteiger partial charge is 0.748 e. The van der Waals surface area contributed by atoms with Crippen molar-refractivity contribution in [3.63, 3.8) is 0 Å². The third kappa shape index (κ3) is 8.06. The van der Waals surface area contributed by atoms with Crippen molar-refractivity contribution in [2.75, 3.05) is 33.2 Å². The van der Waals surface area contributed by atoms with E-state index in [1.807, 2.05) is 0 Å². The van der Waals surface area contributed by atoms with Gasteiger partial charge >= 0.3 is 29.6 Å². The van der Waals surface area contributed by atoms with Gasteiger partial charge < -0.3 is 33.7 Å². The van der Waals surface area contributed by atoms with Crippen molar-refractivity contribution in [3.8, 4) is 0 Å². The van der Waals surface area contributed by atoms with Crippen LogP contribution in [0.5, 0.6) is 0 Å². The van der Waals surface area contributed by atoms with Gasteiger partial charge in [0.05, 0.1) is 16.7 Å². The summed E-state index contributed by atoms with van der Waals surface area (Å²) >= 11 is 0. The summed E-state index contributed by atoms with van der Waals surface area (Å²) in [6.45, 7) is 0.314. The molecule has 9 nitrogen and oxygen atoms in total. The van der Waals surface area contributed by atoms with Gasteiger partial charge in [0.25, 0.3) is 0 Å². The molecule has 1 rings (SSSR count). The molecule has 0 saturated carbocycles. The summed E-state index contributed by atoms with van der Waals surface area (Å²) in [5, 5.41) is 19.7. The van der Waals surface area contributed by atoms with Crippen LogP contribution in [0.2, 0.25) is 0 Å². The van der Waals surface area contributed by atoms with Crippen LogP contribution in [0.4, 0.5) is 0 Å². The van der Waals surface area contributed by atoms with Crippen LogP contribution in [0, 0.1) is 0 Å². The second kappa shape index (κ2) is 11.3. The Labute approximate surface area is 158 Å². The first-order chi connectivity index (χ1) is 10.3. The first kappa shape index (κ1) is 23.7. The summed E-state index contributed by atoms with van der Waals surface area (Å²) in [6, 6.07) is 0. The summed E-state index contributed by atoms with van der Waals surface area (Å²) < 4.78 is 52.1. The van der Waals surface area contributed by atoms with E-state index in [9.17, 15) is 23.2 Å². The van der Waals surface area contributed by atoms with Crippen molar-refractivity contribution in [2.24, 2.45) is 0 Å². The number of hydrogen-bond acceptors (Lipinski definition) is 9. The molecule has 23 heavy (non-hydrogen) atoms. The fourth-order valence-electron chi connectivity index (χ4n) is 2.21. The van der Waals surface area contributed by atoms with Crippen LogP contribution in [-0.2, 0) is 29.1 Å². The van der Waals surface area contributed by atoms with E-state index < -0.39 is 46.6 Å². The van der Waals surface area contributed by atoms with E-state index in [0.717, 1.165) is 0 Å². The third-order valence-electron chi connectivity index (χ3n) is 3.36. The third-order valence-corrected chi connectivity index (χ3v) is 4.15. The maximum atomic E-state index is 10.4. The normalized spacial score (nSPS) is 31.6. The minimum atomic E-state index is -4.20. The molecule has 0 aliphatic carbocycles. The number of aliphatic hydroxyl groups excluding tert-OH is 2. The number of aliphatic hydroxyl groups is 2. The second-order valence-electron chi connectivity index (χ2n) is 5.00. The van der Waals surface area contributed by atoms with Gasteiger partial charge in [-0.2, -0.15) is 0 Å². The first-order valence-electron chi connectivity index (χ1n) is 6.88. The Morgan fingerprint density at radius 2 is 1.78 bits per heavy atom. The first-order valence-corrected chi connectivity index (χ1v) is 8.46. The quantitative estimate of drug-likeness (QED) is 0.235. The average molecular weight is 366 g/mol. The van der Waals surface area contributed by atoms with Gasteiger partial charge in [-0.05, 0) is 12.8 Å².